The molecule has 0 aliphatic heterocycles. The van der Waals surface area contributed by atoms with E-state index in [0.29, 0.717) is 38.7 Å². The van der Waals surface area contributed by atoms with Gasteiger partial charge in [-0.3, -0.25) is 4.79 Å². The van der Waals surface area contributed by atoms with Crippen LogP contribution in [0.1, 0.15) is 66.9 Å². The lowest BCUT2D eigenvalue weighted by molar-refractivity contribution is -0.0263. The van der Waals surface area contributed by atoms with Gasteiger partial charge in [0.05, 0.1) is 27.3 Å². The molecule has 3 atom stereocenters. The van der Waals surface area contributed by atoms with Crippen molar-refractivity contribution < 1.29 is 13.6 Å². The van der Waals surface area contributed by atoms with Crippen LogP contribution in [0.4, 0.5) is 8.78 Å². The molecule has 4 rings (SSSR count). The summed E-state index contributed by atoms with van der Waals surface area (Å²) in [5.41, 5.74) is -2.47. The highest BCUT2D eigenvalue weighted by molar-refractivity contribution is 7.40. The molecule has 12 heteroatoms. The molecule has 6 nitrogen and oxygen atoms in total. The number of alkyl halides is 2. The Bertz CT molecular complexity index is 1420. The number of hydrogen-bond donors (Lipinski definition) is 0. The topological polar surface area (TPSA) is 74.8 Å². The molecule has 0 radical (unpaired) electrons. The van der Waals surface area contributed by atoms with E-state index in [4.69, 9.17) is 11.6 Å². The number of rotatable bonds is 8. The molecule has 1 saturated carbocycles. The zero-order valence-corrected chi connectivity index (χ0v) is 25.7. The number of carbonyl (C=O) groups is 1. The molecule has 1 aromatic carbocycles. The number of halogens is 3. The summed E-state index contributed by atoms with van der Waals surface area (Å²) in [4.78, 5) is 14.3. The average molecular weight is 596 g/mol. The summed E-state index contributed by atoms with van der Waals surface area (Å²) in [5.74, 6) is -0.188. The summed E-state index contributed by atoms with van der Waals surface area (Å²) in [6.45, 7) is 5.92. The number of amides is 1. The van der Waals surface area contributed by atoms with Crippen LogP contribution in [0.2, 0.25) is 5.02 Å². The fraction of sp³-hybridized carbons (Fsp3) is 0.462. The molecular formula is C26H30ClF2N5OP2S. The molecule has 1 aliphatic carbocycles. The van der Waals surface area contributed by atoms with Crippen molar-refractivity contribution in [3.8, 4) is 22.3 Å². The van der Waals surface area contributed by atoms with Crippen LogP contribution in [0, 0.1) is 11.3 Å². The Morgan fingerprint density at radius 1 is 1.29 bits per heavy atom. The van der Waals surface area contributed by atoms with Gasteiger partial charge in [0.25, 0.3) is 5.91 Å². The molecule has 1 aliphatic rings. The molecule has 3 aromatic rings. The minimum atomic E-state index is -2.38. The summed E-state index contributed by atoms with van der Waals surface area (Å²) >= 11 is 7.86. The summed E-state index contributed by atoms with van der Waals surface area (Å²) in [7, 11) is 6.51. The Kier molecular flexibility index (Phi) is 7.80. The number of benzene rings is 1. The summed E-state index contributed by atoms with van der Waals surface area (Å²) in [5, 5.41) is 18.3. The third-order valence-electron chi connectivity index (χ3n) is 6.94. The highest BCUT2D eigenvalue weighted by Crippen LogP contribution is 2.56. The summed E-state index contributed by atoms with van der Waals surface area (Å²) < 4.78 is 33.3. The molecule has 38 heavy (non-hydrogen) atoms. The van der Waals surface area contributed by atoms with Gasteiger partial charge in [-0.1, -0.05) is 29.8 Å². The van der Waals surface area contributed by atoms with Gasteiger partial charge in [-0.2, -0.15) is 5.26 Å². The lowest BCUT2D eigenvalue weighted by Gasteiger charge is -2.44. The minimum absolute atomic E-state index is 0.128. The lowest BCUT2D eigenvalue weighted by Crippen LogP contribution is -2.51. The van der Waals surface area contributed by atoms with E-state index in [9.17, 15) is 10.1 Å². The van der Waals surface area contributed by atoms with Crippen molar-refractivity contribution in [1.29, 1.82) is 5.26 Å². The zero-order valence-electron chi connectivity index (χ0n) is 21.8. The van der Waals surface area contributed by atoms with E-state index in [1.165, 1.54) is 35.9 Å². The van der Waals surface area contributed by atoms with Crippen LogP contribution in [-0.2, 0) is 12.1 Å². The van der Waals surface area contributed by atoms with Gasteiger partial charge in [-0.15, -0.1) is 34.9 Å². The van der Waals surface area contributed by atoms with Crippen molar-refractivity contribution in [2.75, 3.05) is 7.05 Å². The van der Waals surface area contributed by atoms with Crippen LogP contribution in [0.15, 0.2) is 24.4 Å². The van der Waals surface area contributed by atoms with E-state index in [0.717, 1.165) is 12.8 Å². The van der Waals surface area contributed by atoms with E-state index < -0.39 is 16.2 Å². The monoisotopic (exact) mass is 595 g/mol. The van der Waals surface area contributed by atoms with E-state index in [-0.39, 0.29) is 22.5 Å². The van der Waals surface area contributed by atoms with Crippen LogP contribution in [0.25, 0.3) is 16.3 Å². The largest absolute Gasteiger partial charge is 0.339 e. The van der Waals surface area contributed by atoms with Crippen LogP contribution < -0.4 is 0 Å². The van der Waals surface area contributed by atoms with Gasteiger partial charge in [0.15, 0.2) is 5.67 Å². The summed E-state index contributed by atoms with van der Waals surface area (Å²) in [6.07, 6.45) is 4.07. The smallest absolute Gasteiger partial charge is 0.256 e. The Labute approximate surface area is 235 Å². The third-order valence-corrected chi connectivity index (χ3v) is 9.08. The predicted octanol–water partition coefficient (Wildman–Crippen LogP) is 6.70. The first-order valence-corrected chi connectivity index (χ1v) is 14.5. The van der Waals surface area contributed by atoms with E-state index in [2.05, 4.69) is 34.9 Å². The SMILES string of the molecule is CCc1cc(C(F)(C(C)(C)F)C(C)(P)P)cc(Cl)c1-n1cc(-c2cc(C(=O)N(C)C3CC3)c(C#N)s2)nn1. The Morgan fingerprint density at radius 3 is 2.47 bits per heavy atom. The lowest BCUT2D eigenvalue weighted by atomic mass is 9.79. The number of nitrogens with zero attached hydrogens (tertiary/aromatic N) is 5. The van der Waals surface area contributed by atoms with Crippen molar-refractivity contribution in [2.24, 2.45) is 0 Å². The molecule has 0 bridgehead atoms. The van der Waals surface area contributed by atoms with Crippen molar-refractivity contribution in [3.63, 3.8) is 0 Å². The van der Waals surface area contributed by atoms with Crippen molar-refractivity contribution in [2.45, 2.75) is 69.2 Å². The molecule has 2 heterocycles. The standard InChI is InChI=1S/C26H30ClF2N5OP2S/c1-6-14-9-15(26(29,24(2,3)28)25(4,36)37)10-18(27)22(14)34-13-19(31-32-34)20-11-17(21(12-30)38-20)23(35)33(5)16-7-8-16/h9-11,13,16H,6-8,36-37H2,1-5H3. The van der Waals surface area contributed by atoms with Crippen molar-refractivity contribution in [3.05, 3.63) is 51.0 Å². The molecular weight excluding hydrogens is 566 g/mol. The predicted molar refractivity (Wildman–Crippen MR) is 155 cm³/mol. The highest BCUT2D eigenvalue weighted by atomic mass is 35.5. The van der Waals surface area contributed by atoms with Crippen LogP contribution in [0.5, 0.6) is 0 Å². The minimum Gasteiger partial charge on any atom is -0.339 e. The van der Waals surface area contributed by atoms with Crippen LogP contribution in [-0.4, -0.2) is 49.5 Å². The van der Waals surface area contributed by atoms with Crippen LogP contribution >= 0.6 is 41.4 Å². The highest BCUT2D eigenvalue weighted by Gasteiger charge is 2.57. The van der Waals surface area contributed by atoms with Gasteiger partial charge in [0, 0.05) is 18.0 Å². The number of carbonyl (C=O) groups excluding carboxylic acids is 1. The second kappa shape index (κ2) is 10.2. The van der Waals surface area contributed by atoms with Crippen molar-refractivity contribution in [1.82, 2.24) is 19.9 Å². The Morgan fingerprint density at radius 2 is 1.95 bits per heavy atom. The van der Waals surface area contributed by atoms with Gasteiger partial charge in [0.2, 0.25) is 0 Å². The maximum absolute atomic E-state index is 16.5. The molecule has 0 N–H and O–H groups in total. The molecule has 1 amide bonds. The number of aryl methyl sites for hydroxylation is 1. The zero-order chi connectivity index (χ0) is 28.2. The number of hydrogen-bond acceptors (Lipinski definition) is 5. The van der Waals surface area contributed by atoms with E-state index in [1.54, 1.807) is 37.2 Å². The molecule has 3 unspecified atom stereocenters. The Balaban J connectivity index is 1.75. The first-order chi connectivity index (χ1) is 17.6. The molecule has 1 fully saturated rings. The van der Waals surface area contributed by atoms with E-state index >= 15 is 8.78 Å². The van der Waals surface area contributed by atoms with Gasteiger partial charge in [0.1, 0.15) is 22.3 Å². The summed E-state index contributed by atoms with van der Waals surface area (Å²) in [6, 6.07) is 7.07. The first-order valence-electron chi connectivity index (χ1n) is 12.2. The molecule has 0 saturated heterocycles. The maximum atomic E-state index is 16.5. The Hall–Kier alpha value is -1.97. The van der Waals surface area contributed by atoms with Gasteiger partial charge in [-0.05, 0) is 63.3 Å². The third kappa shape index (κ3) is 5.02. The molecule has 0 spiro atoms. The van der Waals surface area contributed by atoms with E-state index in [1.807, 2.05) is 6.92 Å². The van der Waals surface area contributed by atoms with Gasteiger partial charge in [-0.25, -0.2) is 13.5 Å². The fourth-order valence-corrected chi connectivity index (χ4v) is 6.98. The van der Waals surface area contributed by atoms with Crippen LogP contribution in [0.3, 0.4) is 0 Å². The fourth-order valence-electron chi connectivity index (χ4n) is 4.74. The molecule has 2 aromatic heterocycles. The second-order valence-electron chi connectivity index (χ2n) is 10.4. The first kappa shape index (κ1) is 29.0. The maximum Gasteiger partial charge on any atom is 0.256 e. The molecule has 202 valence electrons. The van der Waals surface area contributed by atoms with Gasteiger partial charge < -0.3 is 4.90 Å². The number of nitriles is 1. The van der Waals surface area contributed by atoms with Gasteiger partial charge >= 0.3 is 0 Å². The second-order valence-corrected chi connectivity index (χ2v) is 14.9. The number of thiophene rings is 1. The quantitative estimate of drug-likeness (QED) is 0.272. The number of aromatic nitrogens is 3. The normalized spacial score (nSPS) is 15.7. The van der Waals surface area contributed by atoms with Crippen molar-refractivity contribution >= 4 is 47.3 Å². The average Bonchev–Trinajstić information content (AvgIpc) is 3.42.